The predicted molar refractivity (Wildman–Crippen MR) is 112 cm³/mol. The van der Waals surface area contributed by atoms with Crippen molar-refractivity contribution < 1.29 is 14.3 Å². The van der Waals surface area contributed by atoms with Crippen LogP contribution in [-0.2, 0) is 14.3 Å². The van der Waals surface area contributed by atoms with Crippen molar-refractivity contribution in [3.63, 3.8) is 0 Å². The van der Waals surface area contributed by atoms with Gasteiger partial charge in [-0.2, -0.15) is 0 Å². The van der Waals surface area contributed by atoms with Gasteiger partial charge in [-0.05, 0) is 55.5 Å². The van der Waals surface area contributed by atoms with Gasteiger partial charge < -0.3 is 25.6 Å². The first kappa shape index (κ1) is 19.7. The molecule has 7 nitrogen and oxygen atoms in total. The van der Waals surface area contributed by atoms with Crippen LogP contribution < -0.4 is 20.9 Å². The Morgan fingerprint density at radius 1 is 0.893 bits per heavy atom. The molecule has 2 aromatic rings. The summed E-state index contributed by atoms with van der Waals surface area (Å²) in [5.41, 5.74) is 3.42. The lowest BCUT2D eigenvalue weighted by molar-refractivity contribution is -0.116. The lowest BCUT2D eigenvalue weighted by Crippen LogP contribution is -2.36. The van der Waals surface area contributed by atoms with E-state index in [0.29, 0.717) is 0 Å². The van der Waals surface area contributed by atoms with Crippen LogP contribution in [0.2, 0.25) is 0 Å². The van der Waals surface area contributed by atoms with E-state index in [4.69, 9.17) is 4.74 Å². The van der Waals surface area contributed by atoms with Crippen LogP contribution in [0.4, 0.5) is 22.7 Å². The van der Waals surface area contributed by atoms with Gasteiger partial charge in [0.25, 0.3) is 0 Å². The van der Waals surface area contributed by atoms with Gasteiger partial charge >= 0.3 is 0 Å². The number of amides is 2. The van der Waals surface area contributed by atoms with Gasteiger partial charge in [0.1, 0.15) is 6.04 Å². The normalized spacial score (nSPS) is 14.9. The Morgan fingerprint density at radius 3 is 2.04 bits per heavy atom. The summed E-state index contributed by atoms with van der Waals surface area (Å²) in [5.74, 6) is -0.238. The van der Waals surface area contributed by atoms with Gasteiger partial charge in [-0.15, -0.1) is 0 Å². The van der Waals surface area contributed by atoms with E-state index in [1.165, 1.54) is 6.92 Å². The molecule has 148 valence electrons. The van der Waals surface area contributed by atoms with Crippen molar-refractivity contribution in [3.05, 3.63) is 48.5 Å². The summed E-state index contributed by atoms with van der Waals surface area (Å²) in [6, 6.07) is 14.7. The third kappa shape index (κ3) is 5.47. The highest BCUT2D eigenvalue weighted by Gasteiger charge is 2.14. The van der Waals surface area contributed by atoms with Crippen LogP contribution in [0.5, 0.6) is 0 Å². The molecule has 1 aliphatic heterocycles. The van der Waals surface area contributed by atoms with Crippen LogP contribution in [0.3, 0.4) is 0 Å². The van der Waals surface area contributed by atoms with Crippen molar-refractivity contribution in [1.82, 2.24) is 0 Å². The molecule has 1 saturated heterocycles. The summed E-state index contributed by atoms with van der Waals surface area (Å²) in [6.45, 7) is 6.52. The number of ether oxygens (including phenoxy) is 1. The number of hydrogen-bond acceptors (Lipinski definition) is 5. The molecule has 1 fully saturated rings. The number of nitrogens with zero attached hydrogens (tertiary/aromatic N) is 1. The van der Waals surface area contributed by atoms with Gasteiger partial charge in [-0.25, -0.2) is 0 Å². The van der Waals surface area contributed by atoms with Crippen molar-refractivity contribution >= 4 is 34.6 Å². The minimum atomic E-state index is -0.412. The van der Waals surface area contributed by atoms with Gasteiger partial charge in [0.05, 0.1) is 13.2 Å². The number of nitrogens with one attached hydrogen (secondary N) is 3. The molecule has 2 amide bonds. The number of benzene rings is 2. The highest BCUT2D eigenvalue weighted by molar-refractivity contribution is 5.96. The number of carbonyl (C=O) groups excluding carboxylic acids is 2. The predicted octanol–water partition coefficient (Wildman–Crippen LogP) is 2.92. The fraction of sp³-hybridized carbons (Fsp3) is 0.333. The molecule has 7 heteroatoms. The summed E-state index contributed by atoms with van der Waals surface area (Å²) in [5, 5.41) is 8.80. The molecule has 1 heterocycles. The quantitative estimate of drug-likeness (QED) is 0.716. The van der Waals surface area contributed by atoms with E-state index in [2.05, 4.69) is 20.9 Å². The molecule has 3 N–H and O–H groups in total. The third-order valence-electron chi connectivity index (χ3n) is 4.49. The summed E-state index contributed by atoms with van der Waals surface area (Å²) < 4.78 is 5.37. The second kappa shape index (κ2) is 9.23. The third-order valence-corrected chi connectivity index (χ3v) is 4.49. The van der Waals surface area contributed by atoms with Crippen molar-refractivity contribution in [3.8, 4) is 0 Å². The molecule has 1 aliphatic rings. The molecule has 3 rings (SSSR count). The van der Waals surface area contributed by atoms with Gasteiger partial charge in [0.2, 0.25) is 11.8 Å². The minimum Gasteiger partial charge on any atom is -0.378 e. The highest BCUT2D eigenvalue weighted by Crippen LogP contribution is 2.20. The van der Waals surface area contributed by atoms with Crippen LogP contribution in [0.25, 0.3) is 0 Å². The van der Waals surface area contributed by atoms with E-state index < -0.39 is 6.04 Å². The number of anilines is 4. The Morgan fingerprint density at radius 2 is 1.43 bits per heavy atom. The largest absolute Gasteiger partial charge is 0.378 e. The molecule has 0 aromatic heterocycles. The summed E-state index contributed by atoms with van der Waals surface area (Å²) in [4.78, 5) is 25.8. The first-order valence-electron chi connectivity index (χ1n) is 9.39. The maximum Gasteiger partial charge on any atom is 0.246 e. The number of carbonyl (C=O) groups is 2. The van der Waals surface area contributed by atoms with Gasteiger partial charge in [0.15, 0.2) is 0 Å². The van der Waals surface area contributed by atoms with E-state index >= 15 is 0 Å². The van der Waals surface area contributed by atoms with Gasteiger partial charge in [-0.1, -0.05) is 0 Å². The van der Waals surface area contributed by atoms with Crippen molar-refractivity contribution in [2.75, 3.05) is 47.2 Å². The van der Waals surface area contributed by atoms with E-state index in [9.17, 15) is 9.59 Å². The standard InChI is InChI=1S/C21H26N4O3/c1-15(22-17-3-5-18(6-4-17)23-16(2)26)21(27)24-19-7-9-20(10-8-19)25-11-13-28-14-12-25/h3-10,15,22H,11-14H2,1-2H3,(H,23,26)(H,24,27)/t15-/m1/s1. The van der Waals surface area contributed by atoms with Crippen LogP contribution >= 0.6 is 0 Å². The average molecular weight is 382 g/mol. The summed E-state index contributed by atoms with van der Waals surface area (Å²) in [6.07, 6.45) is 0. The fourth-order valence-corrected chi connectivity index (χ4v) is 3.00. The Hall–Kier alpha value is -3.06. The molecule has 1 atom stereocenters. The maximum absolute atomic E-state index is 12.5. The van der Waals surface area contributed by atoms with E-state index in [-0.39, 0.29) is 11.8 Å². The summed E-state index contributed by atoms with van der Waals surface area (Å²) >= 11 is 0. The molecule has 0 radical (unpaired) electrons. The second-order valence-corrected chi connectivity index (χ2v) is 6.76. The monoisotopic (exact) mass is 382 g/mol. The molecule has 2 aromatic carbocycles. The Labute approximate surface area is 165 Å². The highest BCUT2D eigenvalue weighted by atomic mass is 16.5. The van der Waals surface area contributed by atoms with E-state index in [1.807, 2.05) is 36.4 Å². The van der Waals surface area contributed by atoms with Gasteiger partial charge in [0, 0.05) is 42.8 Å². The Kier molecular flexibility index (Phi) is 6.49. The smallest absolute Gasteiger partial charge is 0.246 e. The summed E-state index contributed by atoms with van der Waals surface area (Å²) in [7, 11) is 0. The van der Waals surface area contributed by atoms with Crippen LogP contribution in [-0.4, -0.2) is 44.2 Å². The molecule has 0 spiro atoms. The lowest BCUT2D eigenvalue weighted by atomic mass is 10.2. The molecular formula is C21H26N4O3. The average Bonchev–Trinajstić information content (AvgIpc) is 2.70. The second-order valence-electron chi connectivity index (χ2n) is 6.76. The zero-order valence-corrected chi connectivity index (χ0v) is 16.2. The van der Waals surface area contributed by atoms with Crippen LogP contribution in [0.15, 0.2) is 48.5 Å². The van der Waals surface area contributed by atoms with Crippen molar-refractivity contribution in [2.45, 2.75) is 19.9 Å². The van der Waals surface area contributed by atoms with E-state index in [0.717, 1.165) is 49.1 Å². The zero-order valence-electron chi connectivity index (χ0n) is 16.2. The van der Waals surface area contributed by atoms with Gasteiger partial charge in [-0.3, -0.25) is 9.59 Å². The Bertz CT molecular complexity index is 799. The first-order valence-corrected chi connectivity index (χ1v) is 9.39. The molecule has 0 aliphatic carbocycles. The molecule has 0 bridgehead atoms. The van der Waals surface area contributed by atoms with E-state index in [1.54, 1.807) is 19.1 Å². The molecule has 28 heavy (non-hydrogen) atoms. The topological polar surface area (TPSA) is 82.7 Å². The van der Waals surface area contributed by atoms with Crippen molar-refractivity contribution in [1.29, 1.82) is 0 Å². The molecule has 0 unspecified atom stereocenters. The zero-order chi connectivity index (χ0) is 19.9. The minimum absolute atomic E-state index is 0.118. The van der Waals surface area contributed by atoms with Crippen LogP contribution in [0, 0.1) is 0 Å². The van der Waals surface area contributed by atoms with Crippen LogP contribution in [0.1, 0.15) is 13.8 Å². The number of hydrogen-bond donors (Lipinski definition) is 3. The SMILES string of the molecule is CC(=O)Nc1ccc(N[C@H](C)C(=O)Nc2ccc(N3CCOCC3)cc2)cc1. The van der Waals surface area contributed by atoms with Crippen molar-refractivity contribution in [2.24, 2.45) is 0 Å². The lowest BCUT2D eigenvalue weighted by Gasteiger charge is -2.29. The fourth-order valence-electron chi connectivity index (χ4n) is 3.00. The number of rotatable bonds is 6. The molecular weight excluding hydrogens is 356 g/mol. The Balaban J connectivity index is 1.52. The molecule has 0 saturated carbocycles. The first-order chi connectivity index (χ1) is 13.5. The maximum atomic E-state index is 12.5. The number of morpholine rings is 1.